The normalized spacial score (nSPS) is 14.8. The van der Waals surface area contributed by atoms with Crippen molar-refractivity contribution in [1.82, 2.24) is 5.32 Å². The SMILES string of the molecule is CCOC(=O)NC1=C(C#N)CCO1. The van der Waals surface area contributed by atoms with Crippen LogP contribution in [-0.4, -0.2) is 19.3 Å². The van der Waals surface area contributed by atoms with Gasteiger partial charge >= 0.3 is 6.09 Å². The summed E-state index contributed by atoms with van der Waals surface area (Å²) < 4.78 is 9.64. The van der Waals surface area contributed by atoms with E-state index in [4.69, 9.17) is 10.00 Å². The highest BCUT2D eigenvalue weighted by Gasteiger charge is 2.18. The lowest BCUT2D eigenvalue weighted by Crippen LogP contribution is -2.24. The molecule has 0 bridgehead atoms. The summed E-state index contributed by atoms with van der Waals surface area (Å²) in [6.45, 7) is 2.43. The molecule has 1 amide bonds. The Morgan fingerprint density at radius 3 is 3.23 bits per heavy atom. The van der Waals surface area contributed by atoms with Crippen LogP contribution in [0.25, 0.3) is 0 Å². The zero-order chi connectivity index (χ0) is 9.68. The van der Waals surface area contributed by atoms with Crippen LogP contribution < -0.4 is 5.32 Å². The molecule has 0 saturated heterocycles. The predicted octanol–water partition coefficient (Wildman–Crippen LogP) is 0.888. The number of nitriles is 1. The average Bonchev–Trinajstić information content (AvgIpc) is 2.52. The van der Waals surface area contributed by atoms with Crippen LogP contribution in [0.3, 0.4) is 0 Å². The van der Waals surface area contributed by atoms with E-state index >= 15 is 0 Å². The number of carbonyl (C=O) groups is 1. The zero-order valence-electron chi connectivity index (χ0n) is 7.29. The first-order valence-corrected chi connectivity index (χ1v) is 3.97. The van der Waals surface area contributed by atoms with Gasteiger partial charge in [-0.25, -0.2) is 4.79 Å². The van der Waals surface area contributed by atoms with E-state index in [0.29, 0.717) is 25.2 Å². The molecule has 0 fully saturated rings. The zero-order valence-corrected chi connectivity index (χ0v) is 7.29. The molecule has 0 aromatic heterocycles. The smallest absolute Gasteiger partial charge is 0.413 e. The maximum Gasteiger partial charge on any atom is 0.413 e. The molecule has 0 atom stereocenters. The third-order valence-electron chi connectivity index (χ3n) is 1.50. The van der Waals surface area contributed by atoms with Gasteiger partial charge in [0.05, 0.1) is 18.8 Å². The molecule has 1 aliphatic heterocycles. The molecule has 1 heterocycles. The molecule has 0 spiro atoms. The molecule has 0 aromatic carbocycles. The summed E-state index contributed by atoms with van der Waals surface area (Å²) >= 11 is 0. The summed E-state index contributed by atoms with van der Waals surface area (Å²) in [5.41, 5.74) is 0.452. The Morgan fingerprint density at radius 1 is 1.85 bits per heavy atom. The molecule has 1 N–H and O–H groups in total. The van der Waals surface area contributed by atoms with Crippen LogP contribution in [0, 0.1) is 11.3 Å². The molecular formula is C8H10N2O3. The topological polar surface area (TPSA) is 71.3 Å². The fourth-order valence-corrected chi connectivity index (χ4v) is 0.934. The van der Waals surface area contributed by atoms with Crippen LogP contribution in [-0.2, 0) is 9.47 Å². The quantitative estimate of drug-likeness (QED) is 0.688. The van der Waals surface area contributed by atoms with Crippen molar-refractivity contribution in [3.05, 3.63) is 11.5 Å². The minimum Gasteiger partial charge on any atom is -0.478 e. The molecule has 0 saturated carbocycles. The van der Waals surface area contributed by atoms with Crippen LogP contribution in [0.5, 0.6) is 0 Å². The molecule has 1 aliphatic rings. The first-order valence-electron chi connectivity index (χ1n) is 3.97. The predicted molar refractivity (Wildman–Crippen MR) is 43.4 cm³/mol. The van der Waals surface area contributed by atoms with Gasteiger partial charge in [0.2, 0.25) is 5.88 Å². The lowest BCUT2D eigenvalue weighted by molar-refractivity contribution is 0.142. The van der Waals surface area contributed by atoms with E-state index in [9.17, 15) is 4.79 Å². The highest BCUT2D eigenvalue weighted by molar-refractivity contribution is 5.69. The minimum absolute atomic E-state index is 0.223. The summed E-state index contributed by atoms with van der Waals surface area (Å²) in [4.78, 5) is 10.9. The number of alkyl carbamates (subject to hydrolysis) is 1. The number of nitrogens with one attached hydrogen (secondary N) is 1. The van der Waals surface area contributed by atoms with Crippen LogP contribution in [0.1, 0.15) is 13.3 Å². The molecule has 70 valence electrons. The van der Waals surface area contributed by atoms with E-state index in [1.54, 1.807) is 6.92 Å². The molecule has 1 rings (SSSR count). The van der Waals surface area contributed by atoms with Gasteiger partial charge in [0.25, 0.3) is 0 Å². The Morgan fingerprint density at radius 2 is 2.62 bits per heavy atom. The van der Waals surface area contributed by atoms with Crippen molar-refractivity contribution in [1.29, 1.82) is 5.26 Å². The van der Waals surface area contributed by atoms with E-state index in [1.165, 1.54) is 0 Å². The van der Waals surface area contributed by atoms with Crippen molar-refractivity contribution in [3.8, 4) is 6.07 Å². The number of hydrogen-bond acceptors (Lipinski definition) is 4. The Hall–Kier alpha value is -1.70. The maximum absolute atomic E-state index is 10.9. The number of hydrogen-bond donors (Lipinski definition) is 1. The second-order valence-corrected chi connectivity index (χ2v) is 2.36. The Balaban J connectivity index is 2.53. The minimum atomic E-state index is -0.591. The maximum atomic E-state index is 10.9. The van der Waals surface area contributed by atoms with Crippen LogP contribution >= 0.6 is 0 Å². The third-order valence-corrected chi connectivity index (χ3v) is 1.50. The molecule has 0 unspecified atom stereocenters. The summed E-state index contributed by atoms with van der Waals surface area (Å²) in [7, 11) is 0. The van der Waals surface area contributed by atoms with Gasteiger partial charge in [-0.15, -0.1) is 0 Å². The van der Waals surface area contributed by atoms with Gasteiger partial charge in [0.15, 0.2) is 0 Å². The van der Waals surface area contributed by atoms with Gasteiger partial charge in [0.1, 0.15) is 6.07 Å². The van der Waals surface area contributed by atoms with Crippen LogP contribution in [0.2, 0.25) is 0 Å². The van der Waals surface area contributed by atoms with Crippen LogP contribution in [0.15, 0.2) is 11.5 Å². The van der Waals surface area contributed by atoms with E-state index in [1.807, 2.05) is 6.07 Å². The van der Waals surface area contributed by atoms with E-state index in [-0.39, 0.29) is 5.88 Å². The molecule has 0 aliphatic carbocycles. The number of amides is 1. The third kappa shape index (κ3) is 2.37. The number of nitrogens with zero attached hydrogens (tertiary/aromatic N) is 1. The Bertz CT molecular complexity index is 278. The van der Waals surface area contributed by atoms with Crippen molar-refractivity contribution >= 4 is 6.09 Å². The van der Waals surface area contributed by atoms with Gasteiger partial charge < -0.3 is 9.47 Å². The summed E-state index contributed by atoms with van der Waals surface area (Å²) in [5.74, 6) is 0.223. The lowest BCUT2D eigenvalue weighted by atomic mass is 10.2. The van der Waals surface area contributed by atoms with Gasteiger partial charge in [0, 0.05) is 6.42 Å². The van der Waals surface area contributed by atoms with Crippen molar-refractivity contribution in [2.24, 2.45) is 0 Å². The van der Waals surface area contributed by atoms with Gasteiger partial charge in [-0.3, -0.25) is 5.32 Å². The Labute approximate surface area is 75.9 Å². The monoisotopic (exact) mass is 182 g/mol. The van der Waals surface area contributed by atoms with Crippen molar-refractivity contribution in [3.63, 3.8) is 0 Å². The molecule has 5 heteroatoms. The van der Waals surface area contributed by atoms with Crippen molar-refractivity contribution < 1.29 is 14.3 Å². The van der Waals surface area contributed by atoms with Crippen LogP contribution in [0.4, 0.5) is 4.79 Å². The highest BCUT2D eigenvalue weighted by Crippen LogP contribution is 2.15. The molecule has 5 nitrogen and oxygen atoms in total. The second-order valence-electron chi connectivity index (χ2n) is 2.36. The molecule has 0 radical (unpaired) electrons. The molecule has 0 aromatic rings. The number of rotatable bonds is 2. The van der Waals surface area contributed by atoms with E-state index in [2.05, 4.69) is 10.1 Å². The summed E-state index contributed by atoms with van der Waals surface area (Å²) in [5, 5.41) is 11.0. The fourth-order valence-electron chi connectivity index (χ4n) is 0.934. The Kier molecular flexibility index (Phi) is 3.15. The standard InChI is InChI=1S/C8H10N2O3/c1-2-12-8(11)10-7-6(5-9)3-4-13-7/h2-4H2,1H3,(H,10,11). The second kappa shape index (κ2) is 4.36. The first kappa shape index (κ1) is 9.39. The summed E-state index contributed by atoms with van der Waals surface area (Å²) in [6, 6.07) is 1.95. The largest absolute Gasteiger partial charge is 0.478 e. The van der Waals surface area contributed by atoms with Crippen molar-refractivity contribution in [2.75, 3.05) is 13.2 Å². The highest BCUT2D eigenvalue weighted by atomic mass is 16.6. The number of ether oxygens (including phenoxy) is 2. The lowest BCUT2D eigenvalue weighted by Gasteiger charge is -2.05. The van der Waals surface area contributed by atoms with Crippen molar-refractivity contribution in [2.45, 2.75) is 13.3 Å². The molecular weight excluding hydrogens is 172 g/mol. The molecule has 13 heavy (non-hydrogen) atoms. The van der Waals surface area contributed by atoms with E-state index < -0.39 is 6.09 Å². The first-order chi connectivity index (χ1) is 6.27. The van der Waals surface area contributed by atoms with Gasteiger partial charge in [-0.2, -0.15) is 5.26 Å². The van der Waals surface area contributed by atoms with Gasteiger partial charge in [-0.05, 0) is 6.92 Å². The fraction of sp³-hybridized carbons (Fsp3) is 0.500. The van der Waals surface area contributed by atoms with E-state index in [0.717, 1.165) is 0 Å². The summed E-state index contributed by atoms with van der Waals surface area (Å²) in [6.07, 6.45) is -0.0507. The van der Waals surface area contributed by atoms with Gasteiger partial charge in [-0.1, -0.05) is 0 Å². The average molecular weight is 182 g/mol. The number of carbonyl (C=O) groups excluding carboxylic acids is 1.